The summed E-state index contributed by atoms with van der Waals surface area (Å²) in [5.41, 5.74) is 4.41. The van der Waals surface area contributed by atoms with Crippen molar-refractivity contribution in [2.45, 2.75) is 13.8 Å². The van der Waals surface area contributed by atoms with Gasteiger partial charge in [-0.1, -0.05) is 24.3 Å². The number of fused-ring (bicyclic) bond motifs is 2. The number of imidazole rings is 2. The zero-order valence-corrected chi connectivity index (χ0v) is 14.7. The third-order valence-corrected chi connectivity index (χ3v) is 4.82. The molecule has 0 spiro atoms. The summed E-state index contributed by atoms with van der Waals surface area (Å²) in [5.74, 6) is 1.86. The number of aryl methyl sites for hydroxylation is 2. The Kier molecular flexibility index (Phi) is 3.19. The van der Waals surface area contributed by atoms with E-state index in [0.29, 0.717) is 0 Å². The maximum Gasteiger partial charge on any atom is 0.103 e. The van der Waals surface area contributed by atoms with Crippen LogP contribution in [0.1, 0.15) is 11.6 Å². The van der Waals surface area contributed by atoms with Crippen molar-refractivity contribution < 1.29 is 0 Å². The Hall–Kier alpha value is -3.40. The summed E-state index contributed by atoms with van der Waals surface area (Å²) >= 11 is 0. The van der Waals surface area contributed by atoms with Crippen molar-refractivity contribution in [3.63, 3.8) is 0 Å². The molecule has 126 valence electrons. The van der Waals surface area contributed by atoms with Crippen LogP contribution in [0.2, 0.25) is 0 Å². The monoisotopic (exact) mass is 338 g/mol. The summed E-state index contributed by atoms with van der Waals surface area (Å²) in [6.07, 6.45) is 3.77. The van der Waals surface area contributed by atoms with Crippen molar-refractivity contribution in [1.29, 1.82) is 0 Å². The zero-order chi connectivity index (χ0) is 17.7. The van der Waals surface area contributed by atoms with Gasteiger partial charge in [-0.3, -0.25) is 0 Å². The molecule has 4 nitrogen and oxygen atoms in total. The van der Waals surface area contributed by atoms with Crippen LogP contribution < -0.4 is 0 Å². The molecule has 5 aromatic rings. The van der Waals surface area contributed by atoms with Gasteiger partial charge in [0, 0.05) is 11.1 Å². The molecule has 3 aromatic carbocycles. The normalized spacial score (nSPS) is 11.5. The van der Waals surface area contributed by atoms with Crippen LogP contribution in [0.3, 0.4) is 0 Å². The fourth-order valence-electron chi connectivity index (χ4n) is 3.47. The summed E-state index contributed by atoms with van der Waals surface area (Å²) < 4.78 is 0. The van der Waals surface area contributed by atoms with E-state index in [1.165, 1.54) is 21.5 Å². The molecule has 0 fully saturated rings. The van der Waals surface area contributed by atoms with Crippen molar-refractivity contribution in [2.75, 3.05) is 0 Å². The second-order valence-corrected chi connectivity index (χ2v) is 6.74. The maximum atomic E-state index is 4.30. The predicted octanol–water partition coefficient (Wildman–Crippen LogP) is 5.39. The van der Waals surface area contributed by atoms with Crippen LogP contribution >= 0.6 is 0 Å². The topological polar surface area (TPSA) is 57.4 Å². The van der Waals surface area contributed by atoms with Gasteiger partial charge in [0.2, 0.25) is 0 Å². The highest BCUT2D eigenvalue weighted by Crippen LogP contribution is 2.29. The first-order chi connectivity index (χ1) is 12.7. The summed E-state index contributed by atoms with van der Waals surface area (Å²) in [6, 6.07) is 17.6. The van der Waals surface area contributed by atoms with Gasteiger partial charge in [-0.05, 0) is 59.7 Å². The lowest BCUT2D eigenvalue weighted by Crippen LogP contribution is -1.83. The number of hydrogen-bond donors (Lipinski definition) is 2. The molecule has 0 aliphatic heterocycles. The van der Waals surface area contributed by atoms with E-state index in [2.05, 4.69) is 68.5 Å². The largest absolute Gasteiger partial charge is 0.342 e. The van der Waals surface area contributed by atoms with Crippen LogP contribution in [0.25, 0.3) is 44.1 Å². The average molecular weight is 338 g/mol. The Morgan fingerprint density at radius 1 is 0.577 bits per heavy atom. The van der Waals surface area contributed by atoms with E-state index in [4.69, 9.17) is 0 Å². The molecule has 0 saturated heterocycles. The third-order valence-electron chi connectivity index (χ3n) is 4.82. The summed E-state index contributed by atoms with van der Waals surface area (Å²) in [5, 5.41) is 4.92. The number of aromatic nitrogens is 4. The maximum absolute atomic E-state index is 4.30. The number of rotatable bonds is 2. The minimum Gasteiger partial charge on any atom is -0.342 e. The molecular formula is C22H18N4. The summed E-state index contributed by atoms with van der Waals surface area (Å²) in [6.45, 7) is 3.94. The van der Waals surface area contributed by atoms with Crippen molar-refractivity contribution >= 4 is 21.5 Å². The van der Waals surface area contributed by atoms with Gasteiger partial charge in [-0.2, -0.15) is 0 Å². The van der Waals surface area contributed by atoms with Crippen LogP contribution in [0.15, 0.2) is 60.9 Å². The van der Waals surface area contributed by atoms with Gasteiger partial charge >= 0.3 is 0 Å². The lowest BCUT2D eigenvalue weighted by Gasteiger charge is -2.06. The molecule has 4 heteroatoms. The minimum absolute atomic E-state index is 0.931. The molecule has 0 radical (unpaired) electrons. The molecule has 2 N–H and O–H groups in total. The van der Waals surface area contributed by atoms with Crippen molar-refractivity contribution in [3.05, 3.63) is 72.6 Å². The second-order valence-electron chi connectivity index (χ2n) is 6.74. The number of aromatic amines is 2. The molecule has 0 aliphatic rings. The smallest absolute Gasteiger partial charge is 0.103 e. The lowest BCUT2D eigenvalue weighted by molar-refractivity contribution is 1.15. The molecule has 0 aliphatic carbocycles. The van der Waals surface area contributed by atoms with Gasteiger partial charge in [-0.15, -0.1) is 0 Å². The molecule has 26 heavy (non-hydrogen) atoms. The Balaban J connectivity index is 1.64. The van der Waals surface area contributed by atoms with Gasteiger partial charge in [-0.25, -0.2) is 9.97 Å². The van der Waals surface area contributed by atoms with Gasteiger partial charge < -0.3 is 9.97 Å². The zero-order valence-electron chi connectivity index (χ0n) is 14.7. The van der Waals surface area contributed by atoms with E-state index in [-0.39, 0.29) is 0 Å². The molecule has 0 amide bonds. The SMILES string of the molecule is Cc1ncc(-c2ccc3cc4cc(-c5cnc(C)[nH]5)ccc4cc3c2)[nH]1. The summed E-state index contributed by atoms with van der Waals surface area (Å²) in [4.78, 5) is 15.2. The van der Waals surface area contributed by atoms with E-state index in [1.807, 2.05) is 26.2 Å². The van der Waals surface area contributed by atoms with Crippen LogP contribution in [0.4, 0.5) is 0 Å². The Labute approximate surface area is 150 Å². The fourth-order valence-corrected chi connectivity index (χ4v) is 3.47. The Morgan fingerprint density at radius 3 is 1.42 bits per heavy atom. The highest BCUT2D eigenvalue weighted by Gasteiger charge is 2.06. The van der Waals surface area contributed by atoms with E-state index in [0.717, 1.165) is 34.2 Å². The molecule has 0 saturated carbocycles. The van der Waals surface area contributed by atoms with E-state index < -0.39 is 0 Å². The third kappa shape index (κ3) is 2.47. The fraction of sp³-hybridized carbons (Fsp3) is 0.0909. The number of H-pyrrole nitrogens is 2. The van der Waals surface area contributed by atoms with Crippen molar-refractivity contribution in [1.82, 2.24) is 19.9 Å². The standard InChI is InChI=1S/C22H18N4/c1-13-23-11-21(25-13)17-5-3-15-8-20-10-18(22-12-24-14(2)26-22)6-4-16(20)7-19(15)9-17/h3-12H,1-2H3,(H,23,25)(H,24,26). The molecule has 0 unspecified atom stereocenters. The Bertz CT molecular complexity index is 1160. The predicted molar refractivity (Wildman–Crippen MR) is 106 cm³/mol. The lowest BCUT2D eigenvalue weighted by atomic mass is 9.99. The van der Waals surface area contributed by atoms with Gasteiger partial charge in [0.05, 0.1) is 23.8 Å². The number of nitrogens with one attached hydrogen (secondary N) is 2. The average Bonchev–Trinajstić information content (AvgIpc) is 3.27. The number of benzene rings is 3. The number of hydrogen-bond acceptors (Lipinski definition) is 2. The summed E-state index contributed by atoms with van der Waals surface area (Å²) in [7, 11) is 0. The van der Waals surface area contributed by atoms with Crippen LogP contribution in [-0.4, -0.2) is 19.9 Å². The molecule has 2 aromatic heterocycles. The molecule has 5 rings (SSSR count). The van der Waals surface area contributed by atoms with Crippen molar-refractivity contribution in [3.8, 4) is 22.5 Å². The van der Waals surface area contributed by atoms with Gasteiger partial charge in [0.25, 0.3) is 0 Å². The first kappa shape index (κ1) is 14.9. The van der Waals surface area contributed by atoms with Gasteiger partial charge in [0.1, 0.15) is 11.6 Å². The van der Waals surface area contributed by atoms with Crippen molar-refractivity contribution in [2.24, 2.45) is 0 Å². The van der Waals surface area contributed by atoms with Crippen LogP contribution in [-0.2, 0) is 0 Å². The molecule has 0 atom stereocenters. The van der Waals surface area contributed by atoms with Crippen LogP contribution in [0, 0.1) is 13.8 Å². The minimum atomic E-state index is 0.931. The highest BCUT2D eigenvalue weighted by atomic mass is 14.9. The quantitative estimate of drug-likeness (QED) is 0.424. The highest BCUT2D eigenvalue weighted by molar-refractivity contribution is 6.00. The number of nitrogens with zero attached hydrogens (tertiary/aromatic N) is 2. The van der Waals surface area contributed by atoms with Crippen LogP contribution in [0.5, 0.6) is 0 Å². The first-order valence-corrected chi connectivity index (χ1v) is 8.67. The Morgan fingerprint density at radius 2 is 1.04 bits per heavy atom. The van der Waals surface area contributed by atoms with Gasteiger partial charge in [0.15, 0.2) is 0 Å². The molecular weight excluding hydrogens is 320 g/mol. The first-order valence-electron chi connectivity index (χ1n) is 8.67. The molecule has 2 heterocycles. The second kappa shape index (κ2) is 5.56. The van der Waals surface area contributed by atoms with E-state index >= 15 is 0 Å². The molecule has 0 bridgehead atoms. The van der Waals surface area contributed by atoms with E-state index in [1.54, 1.807) is 0 Å². The van der Waals surface area contributed by atoms with E-state index in [9.17, 15) is 0 Å².